The normalized spacial score (nSPS) is 11.4. The van der Waals surface area contributed by atoms with Crippen LogP contribution in [-0.2, 0) is 0 Å². The molecule has 1 aromatic carbocycles. The summed E-state index contributed by atoms with van der Waals surface area (Å²) in [7, 11) is 0. The van der Waals surface area contributed by atoms with E-state index in [4.69, 9.17) is 0 Å². The molecule has 0 atom stereocenters. The number of benzene rings is 1. The summed E-state index contributed by atoms with van der Waals surface area (Å²) in [6, 6.07) is 4.24. The molecule has 0 aliphatic rings. The average molecular weight is 283 g/mol. The molecule has 106 valence electrons. The van der Waals surface area contributed by atoms with Gasteiger partial charge in [0.25, 0.3) is 5.91 Å². The standard InChI is InChI=1S/C15H22FNOS/c1-9(2)13(10(3)4)8-17-15(18)12-7-11(19)5-6-14(12)16/h5-7,9-10,13,19H,8H2,1-4H3,(H,17,18). The van der Waals surface area contributed by atoms with E-state index in [1.807, 2.05) is 0 Å². The van der Waals surface area contributed by atoms with Gasteiger partial charge in [-0.1, -0.05) is 27.7 Å². The summed E-state index contributed by atoms with van der Waals surface area (Å²) in [6.45, 7) is 9.08. The van der Waals surface area contributed by atoms with Gasteiger partial charge in [-0.25, -0.2) is 4.39 Å². The van der Waals surface area contributed by atoms with E-state index >= 15 is 0 Å². The van der Waals surface area contributed by atoms with Crippen LogP contribution in [0.1, 0.15) is 38.1 Å². The van der Waals surface area contributed by atoms with Gasteiger partial charge >= 0.3 is 0 Å². The van der Waals surface area contributed by atoms with Gasteiger partial charge in [0.2, 0.25) is 0 Å². The molecule has 0 bridgehead atoms. The van der Waals surface area contributed by atoms with Crippen LogP contribution in [0.2, 0.25) is 0 Å². The molecular formula is C15H22FNOS. The van der Waals surface area contributed by atoms with Crippen LogP contribution in [0.15, 0.2) is 23.1 Å². The van der Waals surface area contributed by atoms with Gasteiger partial charge < -0.3 is 5.32 Å². The number of carbonyl (C=O) groups is 1. The summed E-state index contributed by atoms with van der Waals surface area (Å²) in [5.41, 5.74) is 0.0544. The Morgan fingerprint density at radius 3 is 2.37 bits per heavy atom. The van der Waals surface area contributed by atoms with Crippen molar-refractivity contribution in [3.05, 3.63) is 29.6 Å². The summed E-state index contributed by atoms with van der Waals surface area (Å²) in [6.07, 6.45) is 0. The Hall–Kier alpha value is -1.03. The minimum Gasteiger partial charge on any atom is -0.352 e. The summed E-state index contributed by atoms with van der Waals surface area (Å²) in [4.78, 5) is 12.6. The number of amides is 1. The van der Waals surface area contributed by atoms with E-state index in [9.17, 15) is 9.18 Å². The molecule has 1 aromatic rings. The first kappa shape index (κ1) is 16.0. The van der Waals surface area contributed by atoms with E-state index in [1.54, 1.807) is 0 Å². The molecule has 2 nitrogen and oxygen atoms in total. The fourth-order valence-electron chi connectivity index (χ4n) is 2.23. The first-order valence-corrected chi connectivity index (χ1v) is 7.04. The van der Waals surface area contributed by atoms with Crippen molar-refractivity contribution in [1.29, 1.82) is 0 Å². The van der Waals surface area contributed by atoms with Crippen molar-refractivity contribution in [3.8, 4) is 0 Å². The van der Waals surface area contributed by atoms with Crippen molar-refractivity contribution in [2.45, 2.75) is 32.6 Å². The molecule has 0 saturated carbocycles. The van der Waals surface area contributed by atoms with Gasteiger partial charge in [-0.05, 0) is 36.0 Å². The first-order valence-electron chi connectivity index (χ1n) is 6.59. The molecule has 0 saturated heterocycles. The van der Waals surface area contributed by atoms with Crippen LogP contribution < -0.4 is 5.32 Å². The van der Waals surface area contributed by atoms with E-state index in [2.05, 4.69) is 45.6 Å². The zero-order chi connectivity index (χ0) is 14.6. The Balaban J connectivity index is 2.72. The summed E-state index contributed by atoms with van der Waals surface area (Å²) in [5, 5.41) is 2.82. The molecular weight excluding hydrogens is 261 g/mol. The molecule has 0 aliphatic heterocycles. The minimum atomic E-state index is -0.513. The lowest BCUT2D eigenvalue weighted by atomic mass is 9.85. The van der Waals surface area contributed by atoms with Gasteiger partial charge in [0.05, 0.1) is 5.56 Å². The van der Waals surface area contributed by atoms with Crippen molar-refractivity contribution in [2.24, 2.45) is 17.8 Å². The lowest BCUT2D eigenvalue weighted by Crippen LogP contribution is -2.34. The van der Waals surface area contributed by atoms with Gasteiger partial charge in [-0.3, -0.25) is 4.79 Å². The first-order chi connectivity index (χ1) is 8.82. The van der Waals surface area contributed by atoms with E-state index in [0.29, 0.717) is 29.2 Å². The minimum absolute atomic E-state index is 0.0544. The van der Waals surface area contributed by atoms with E-state index in [-0.39, 0.29) is 11.5 Å². The summed E-state index contributed by atoms with van der Waals surface area (Å²) in [5.74, 6) is 0.439. The molecule has 1 amide bonds. The number of thiol groups is 1. The monoisotopic (exact) mass is 283 g/mol. The maximum atomic E-state index is 13.6. The summed E-state index contributed by atoms with van der Waals surface area (Å²) < 4.78 is 13.6. The van der Waals surface area contributed by atoms with Crippen molar-refractivity contribution < 1.29 is 9.18 Å². The molecule has 19 heavy (non-hydrogen) atoms. The van der Waals surface area contributed by atoms with E-state index in [1.165, 1.54) is 18.2 Å². The highest BCUT2D eigenvalue weighted by Crippen LogP contribution is 2.20. The lowest BCUT2D eigenvalue weighted by molar-refractivity contribution is 0.0933. The molecule has 4 heteroatoms. The molecule has 0 aliphatic carbocycles. The quantitative estimate of drug-likeness (QED) is 0.791. The van der Waals surface area contributed by atoms with Crippen molar-refractivity contribution >= 4 is 18.5 Å². The van der Waals surface area contributed by atoms with E-state index in [0.717, 1.165) is 0 Å². The second-order valence-electron chi connectivity index (χ2n) is 5.53. The molecule has 0 fully saturated rings. The third-order valence-corrected chi connectivity index (χ3v) is 3.68. The molecule has 0 aromatic heterocycles. The van der Waals surface area contributed by atoms with Gasteiger partial charge in [0, 0.05) is 11.4 Å². The molecule has 1 N–H and O–H groups in total. The number of nitrogens with one attached hydrogen (secondary N) is 1. The maximum Gasteiger partial charge on any atom is 0.254 e. The second kappa shape index (κ2) is 6.94. The van der Waals surface area contributed by atoms with E-state index < -0.39 is 5.82 Å². The van der Waals surface area contributed by atoms with Crippen LogP contribution in [0.3, 0.4) is 0 Å². The molecule has 0 radical (unpaired) electrons. The smallest absolute Gasteiger partial charge is 0.254 e. The number of hydrogen-bond acceptors (Lipinski definition) is 2. The Kier molecular flexibility index (Phi) is 5.85. The van der Waals surface area contributed by atoms with Crippen LogP contribution in [0.4, 0.5) is 4.39 Å². The Labute approximate surface area is 120 Å². The maximum absolute atomic E-state index is 13.6. The summed E-state index contributed by atoms with van der Waals surface area (Å²) >= 11 is 4.12. The number of carbonyl (C=O) groups excluding carboxylic acids is 1. The number of rotatable bonds is 5. The largest absolute Gasteiger partial charge is 0.352 e. The Bertz CT molecular complexity index is 438. The number of hydrogen-bond donors (Lipinski definition) is 2. The fraction of sp³-hybridized carbons (Fsp3) is 0.533. The Morgan fingerprint density at radius 2 is 1.84 bits per heavy atom. The zero-order valence-corrected chi connectivity index (χ0v) is 12.8. The van der Waals surface area contributed by atoms with Gasteiger partial charge in [0.1, 0.15) is 5.82 Å². The van der Waals surface area contributed by atoms with Crippen LogP contribution in [0, 0.1) is 23.6 Å². The van der Waals surface area contributed by atoms with Crippen LogP contribution in [-0.4, -0.2) is 12.5 Å². The highest BCUT2D eigenvalue weighted by Gasteiger charge is 2.19. The molecule has 0 spiro atoms. The molecule has 0 heterocycles. The van der Waals surface area contributed by atoms with Crippen molar-refractivity contribution in [2.75, 3.05) is 6.54 Å². The predicted octanol–water partition coefficient (Wildman–Crippen LogP) is 3.77. The van der Waals surface area contributed by atoms with Crippen LogP contribution in [0.5, 0.6) is 0 Å². The third-order valence-electron chi connectivity index (χ3n) is 3.41. The highest BCUT2D eigenvalue weighted by molar-refractivity contribution is 7.80. The highest BCUT2D eigenvalue weighted by atomic mass is 32.1. The molecule has 0 unspecified atom stereocenters. The van der Waals surface area contributed by atoms with Gasteiger partial charge in [-0.15, -0.1) is 12.6 Å². The Morgan fingerprint density at radius 1 is 1.26 bits per heavy atom. The number of halogens is 1. The topological polar surface area (TPSA) is 29.1 Å². The SMILES string of the molecule is CC(C)C(CNC(=O)c1cc(S)ccc1F)C(C)C. The molecule has 1 rings (SSSR count). The lowest BCUT2D eigenvalue weighted by Gasteiger charge is -2.25. The third kappa shape index (κ3) is 4.53. The second-order valence-corrected chi connectivity index (χ2v) is 6.04. The average Bonchev–Trinajstić information content (AvgIpc) is 2.31. The van der Waals surface area contributed by atoms with Gasteiger partial charge in [0.15, 0.2) is 0 Å². The zero-order valence-electron chi connectivity index (χ0n) is 11.9. The predicted molar refractivity (Wildman–Crippen MR) is 79.2 cm³/mol. The van der Waals surface area contributed by atoms with Gasteiger partial charge in [-0.2, -0.15) is 0 Å². The van der Waals surface area contributed by atoms with Crippen LogP contribution in [0.25, 0.3) is 0 Å². The van der Waals surface area contributed by atoms with Crippen molar-refractivity contribution in [1.82, 2.24) is 5.32 Å². The fourth-order valence-corrected chi connectivity index (χ4v) is 2.44. The van der Waals surface area contributed by atoms with Crippen molar-refractivity contribution in [3.63, 3.8) is 0 Å². The van der Waals surface area contributed by atoms with Crippen LogP contribution >= 0.6 is 12.6 Å².